The second-order valence-corrected chi connectivity index (χ2v) is 8.39. The maximum Gasteiger partial charge on any atom is 0.345 e. The van der Waals surface area contributed by atoms with Crippen LogP contribution in [0.4, 0.5) is 0 Å². The molecule has 1 heterocycles. The molecule has 0 fully saturated rings. The largest absolute Gasteiger partial charge is 0.624 e. The van der Waals surface area contributed by atoms with Crippen LogP contribution in [-0.2, 0) is 16.0 Å². The third-order valence-electron chi connectivity index (χ3n) is 5.29. The molecule has 3 aromatic rings. The lowest BCUT2D eigenvalue weighted by Crippen LogP contribution is -2.21. The van der Waals surface area contributed by atoms with Crippen molar-refractivity contribution in [2.45, 2.75) is 19.8 Å². The number of nitrogens with zero attached hydrogens (tertiary/aromatic N) is 1. The van der Waals surface area contributed by atoms with Crippen molar-refractivity contribution in [3.05, 3.63) is 98.4 Å². The van der Waals surface area contributed by atoms with Gasteiger partial charge in [0.2, 0.25) is 5.71 Å². The summed E-state index contributed by atoms with van der Waals surface area (Å²) in [6.45, 7) is 2.56. The van der Waals surface area contributed by atoms with Gasteiger partial charge >= 0.3 is 5.97 Å². The van der Waals surface area contributed by atoms with Crippen LogP contribution in [0.1, 0.15) is 34.9 Å². The molecule has 1 aliphatic rings. The quantitative estimate of drug-likeness (QED) is 0.159. The first-order chi connectivity index (χ1) is 15.6. The van der Waals surface area contributed by atoms with E-state index in [1.807, 2.05) is 53.9 Å². The zero-order valence-electron chi connectivity index (χ0n) is 18.2. The molecule has 0 unspecified atom stereocenters. The number of carbonyl (C=O) groups excluding carboxylic acids is 1. The summed E-state index contributed by atoms with van der Waals surface area (Å²) in [5.74, 6) is 0.182. The van der Waals surface area contributed by atoms with Gasteiger partial charge in [0.25, 0.3) is 0 Å². The smallest absolute Gasteiger partial charge is 0.345 e. The molecule has 5 nitrogen and oxygen atoms in total. The molecule has 0 spiro atoms. The van der Waals surface area contributed by atoms with Crippen molar-refractivity contribution in [3.63, 3.8) is 0 Å². The summed E-state index contributed by atoms with van der Waals surface area (Å²) in [6, 6.07) is 19.8. The van der Waals surface area contributed by atoms with Gasteiger partial charge < -0.3 is 14.7 Å². The zero-order valence-corrected chi connectivity index (χ0v) is 19.0. The van der Waals surface area contributed by atoms with E-state index < -0.39 is 5.97 Å². The van der Waals surface area contributed by atoms with E-state index in [1.165, 1.54) is 23.9 Å². The minimum Gasteiger partial charge on any atom is -0.624 e. The van der Waals surface area contributed by atoms with Gasteiger partial charge in [-0.25, -0.2) is 9.53 Å². The van der Waals surface area contributed by atoms with Gasteiger partial charge in [0, 0.05) is 10.5 Å². The number of thiophene rings is 1. The van der Waals surface area contributed by atoms with Gasteiger partial charge in [0.05, 0.1) is 18.8 Å². The Hall–Kier alpha value is -3.38. The molecule has 164 valence electrons. The van der Waals surface area contributed by atoms with Crippen molar-refractivity contribution < 1.29 is 19.0 Å². The van der Waals surface area contributed by atoms with E-state index in [4.69, 9.17) is 9.47 Å². The normalized spacial score (nSPS) is 14.3. The third kappa shape index (κ3) is 4.46. The summed E-state index contributed by atoms with van der Waals surface area (Å²) < 4.78 is 12.0. The highest BCUT2D eigenvalue weighted by Crippen LogP contribution is 2.41. The van der Waals surface area contributed by atoms with Crippen molar-refractivity contribution in [2.24, 2.45) is 0 Å². The predicted octanol–water partition coefficient (Wildman–Crippen LogP) is 5.07. The topological polar surface area (TPSA) is 61.6 Å². The van der Waals surface area contributed by atoms with E-state index in [9.17, 15) is 10.0 Å². The van der Waals surface area contributed by atoms with Crippen molar-refractivity contribution in [2.75, 3.05) is 20.3 Å². The van der Waals surface area contributed by atoms with Crippen molar-refractivity contribution in [1.29, 1.82) is 0 Å². The van der Waals surface area contributed by atoms with Crippen LogP contribution >= 0.6 is 11.3 Å². The number of aryl methyl sites for hydroxylation is 1. The SMILES string of the molecule is CCOC(=O)C1=C(c2cccs2)c2ccc(OCCCc3ccccc3)cc2/C1=[N+](/C)[O-]. The minimum absolute atomic E-state index is 0.238. The Morgan fingerprint density at radius 2 is 1.88 bits per heavy atom. The molecule has 32 heavy (non-hydrogen) atoms. The van der Waals surface area contributed by atoms with Gasteiger partial charge in [-0.05, 0) is 60.5 Å². The average molecular weight is 448 g/mol. The maximum absolute atomic E-state index is 12.9. The first-order valence-corrected chi connectivity index (χ1v) is 11.5. The monoisotopic (exact) mass is 447 g/mol. The molecule has 0 bridgehead atoms. The Labute approximate surface area is 191 Å². The van der Waals surface area contributed by atoms with Crippen LogP contribution in [0.2, 0.25) is 0 Å². The first kappa shape index (κ1) is 21.8. The third-order valence-corrected chi connectivity index (χ3v) is 6.17. The number of rotatable bonds is 8. The van der Waals surface area contributed by atoms with Crippen LogP contribution < -0.4 is 4.74 Å². The highest BCUT2D eigenvalue weighted by molar-refractivity contribution is 7.11. The van der Waals surface area contributed by atoms with Crippen molar-refractivity contribution in [3.8, 4) is 5.75 Å². The maximum atomic E-state index is 12.9. The van der Waals surface area contributed by atoms with E-state index in [0.29, 0.717) is 29.2 Å². The molecule has 4 rings (SSSR count). The molecule has 2 aromatic carbocycles. The van der Waals surface area contributed by atoms with E-state index in [0.717, 1.165) is 33.6 Å². The summed E-state index contributed by atoms with van der Waals surface area (Å²) in [5, 5.41) is 14.5. The van der Waals surface area contributed by atoms with E-state index >= 15 is 0 Å². The van der Waals surface area contributed by atoms with Crippen LogP contribution in [-0.4, -0.2) is 36.7 Å². The molecule has 0 amide bonds. The standard InChI is InChI=1S/C26H25NO4S/c1-3-30-26(28)24-23(22-12-8-16-32-22)20-14-13-19(17-21(20)25(24)27(2)29)31-15-7-11-18-9-5-4-6-10-18/h4-6,8-10,12-14,16-17H,3,7,11,15H2,1-2H3/b27-25+. The van der Waals surface area contributed by atoms with Crippen molar-refractivity contribution in [1.82, 2.24) is 0 Å². The fraction of sp³-hybridized carbons (Fsp3) is 0.231. The molecule has 0 N–H and O–H groups in total. The number of hydrogen-bond acceptors (Lipinski definition) is 5. The summed E-state index contributed by atoms with van der Waals surface area (Å²) in [4.78, 5) is 13.8. The van der Waals surface area contributed by atoms with E-state index in [-0.39, 0.29) is 6.61 Å². The van der Waals surface area contributed by atoms with Crippen LogP contribution in [0.3, 0.4) is 0 Å². The van der Waals surface area contributed by atoms with Crippen molar-refractivity contribution >= 4 is 28.6 Å². The van der Waals surface area contributed by atoms with Gasteiger partial charge in [0.1, 0.15) is 18.4 Å². The van der Waals surface area contributed by atoms with Gasteiger partial charge in [-0.1, -0.05) is 36.4 Å². The Morgan fingerprint density at radius 1 is 1.06 bits per heavy atom. The number of fused-ring (bicyclic) bond motifs is 1. The van der Waals surface area contributed by atoms with Crippen LogP contribution in [0.15, 0.2) is 71.6 Å². The molecule has 0 aliphatic heterocycles. The molecule has 0 saturated carbocycles. The fourth-order valence-electron chi connectivity index (χ4n) is 3.93. The van der Waals surface area contributed by atoms with Crippen LogP contribution in [0.5, 0.6) is 5.75 Å². The van der Waals surface area contributed by atoms with Gasteiger partial charge in [-0.15, -0.1) is 11.3 Å². The number of esters is 1. The summed E-state index contributed by atoms with van der Waals surface area (Å²) >= 11 is 1.52. The second kappa shape index (κ2) is 9.83. The Bertz CT molecular complexity index is 1160. The summed E-state index contributed by atoms with van der Waals surface area (Å²) in [7, 11) is 1.41. The lowest BCUT2D eigenvalue weighted by atomic mass is 10.0. The second-order valence-electron chi connectivity index (χ2n) is 7.44. The van der Waals surface area contributed by atoms with E-state index in [2.05, 4.69) is 12.1 Å². The average Bonchev–Trinajstić information content (AvgIpc) is 3.43. The number of carbonyl (C=O) groups is 1. The number of hydroxylamine groups is 1. The first-order valence-electron chi connectivity index (χ1n) is 10.6. The van der Waals surface area contributed by atoms with E-state index in [1.54, 1.807) is 6.92 Å². The number of benzene rings is 2. The molecular formula is C26H25NO4S. The fourth-order valence-corrected chi connectivity index (χ4v) is 4.72. The Kier molecular flexibility index (Phi) is 6.71. The lowest BCUT2D eigenvalue weighted by Gasteiger charge is -2.10. The minimum atomic E-state index is -0.491. The Morgan fingerprint density at radius 3 is 2.56 bits per heavy atom. The molecule has 0 saturated heterocycles. The molecule has 0 atom stereocenters. The lowest BCUT2D eigenvalue weighted by molar-refractivity contribution is -0.421. The van der Waals surface area contributed by atoms with Gasteiger partial charge in [0.15, 0.2) is 0 Å². The van der Waals surface area contributed by atoms with Crippen LogP contribution in [0, 0.1) is 5.21 Å². The highest BCUT2D eigenvalue weighted by Gasteiger charge is 2.39. The molecular weight excluding hydrogens is 422 g/mol. The number of ether oxygens (including phenoxy) is 2. The predicted molar refractivity (Wildman–Crippen MR) is 127 cm³/mol. The van der Waals surface area contributed by atoms with Crippen LogP contribution in [0.25, 0.3) is 5.57 Å². The molecule has 1 aromatic heterocycles. The summed E-state index contributed by atoms with van der Waals surface area (Å²) in [6.07, 6.45) is 1.81. The molecule has 0 radical (unpaired) electrons. The zero-order chi connectivity index (χ0) is 22.5. The molecule has 6 heteroatoms. The van der Waals surface area contributed by atoms with Gasteiger partial charge in [-0.3, -0.25) is 0 Å². The summed E-state index contributed by atoms with van der Waals surface area (Å²) in [5.41, 5.74) is 4.17. The Balaban J connectivity index is 1.62. The highest BCUT2D eigenvalue weighted by atomic mass is 32.1. The molecule has 1 aliphatic carbocycles. The van der Waals surface area contributed by atoms with Gasteiger partial charge in [-0.2, -0.15) is 0 Å². The number of hydrogen-bond donors (Lipinski definition) is 0.